The molecule has 38 heavy (non-hydrogen) atoms. The van der Waals surface area contributed by atoms with Gasteiger partial charge in [0, 0.05) is 72.0 Å². The predicted molar refractivity (Wildman–Crippen MR) is 154 cm³/mol. The molecule has 0 aromatic carbocycles. The van der Waals surface area contributed by atoms with Crippen molar-refractivity contribution in [1.29, 1.82) is 0 Å². The highest BCUT2D eigenvalue weighted by atomic mass is 32.2. The van der Waals surface area contributed by atoms with Crippen molar-refractivity contribution in [3.8, 4) is 0 Å². The average Bonchev–Trinajstić information content (AvgIpc) is 3.33. The molecule has 0 spiro atoms. The average molecular weight is 595 g/mol. The number of thioether (sulfide) groups is 1. The highest BCUT2D eigenvalue weighted by molar-refractivity contribution is 7.99. The van der Waals surface area contributed by atoms with Crippen LogP contribution in [0, 0.1) is 0 Å². The number of aromatic nitrogens is 3. The number of nitrogens with zero attached hydrogens (tertiary/aromatic N) is 3. The number of amides is 1. The van der Waals surface area contributed by atoms with Gasteiger partial charge >= 0.3 is 23.6 Å². The molecular formula is C24H50N4O7SSi2. The summed E-state index contributed by atoms with van der Waals surface area (Å²) in [4.78, 5) is 17.7. The summed E-state index contributed by atoms with van der Waals surface area (Å²) in [7, 11) is -0.484. The fourth-order valence-electron chi connectivity index (χ4n) is 4.00. The first-order valence-corrected chi connectivity index (χ1v) is 18.7. The van der Waals surface area contributed by atoms with Gasteiger partial charge in [0.25, 0.3) is 0 Å². The molecule has 1 rings (SSSR count). The zero-order valence-electron chi connectivity index (χ0n) is 24.5. The van der Waals surface area contributed by atoms with E-state index in [1.807, 2.05) is 20.8 Å². The van der Waals surface area contributed by atoms with E-state index in [9.17, 15) is 4.79 Å². The molecular weight excluding hydrogens is 545 g/mol. The lowest BCUT2D eigenvalue weighted by molar-refractivity contribution is 0.0708. The van der Waals surface area contributed by atoms with E-state index in [4.69, 9.17) is 26.6 Å². The molecule has 1 heterocycles. The Balaban J connectivity index is 2.77. The third kappa shape index (κ3) is 12.1. The Labute approximate surface area is 235 Å². The van der Waals surface area contributed by atoms with Gasteiger partial charge in [-0.15, -0.1) is 5.10 Å². The smallest absolute Gasteiger partial charge is 0.377 e. The lowest BCUT2D eigenvalue weighted by atomic mass is 10.1. The van der Waals surface area contributed by atoms with Crippen LogP contribution in [0.1, 0.15) is 72.0 Å². The quantitative estimate of drug-likeness (QED) is 0.108. The normalized spacial score (nSPS) is 12.3. The third-order valence-electron chi connectivity index (χ3n) is 5.92. The molecule has 0 radical (unpaired) electrons. The van der Waals surface area contributed by atoms with Crippen molar-refractivity contribution in [1.82, 2.24) is 20.1 Å². The molecule has 1 amide bonds. The summed E-state index contributed by atoms with van der Waals surface area (Å²) in [6.45, 7) is 10.1. The summed E-state index contributed by atoms with van der Waals surface area (Å²) >= 11 is 1.53. The number of hydrogen-bond donors (Lipinski definition) is 1. The van der Waals surface area contributed by atoms with Crippen LogP contribution in [0.2, 0.25) is 12.1 Å². The van der Waals surface area contributed by atoms with Crippen LogP contribution in [0.25, 0.3) is 0 Å². The Hall–Kier alpha value is -0.846. The van der Waals surface area contributed by atoms with Crippen molar-refractivity contribution in [3.05, 3.63) is 5.82 Å². The largest absolute Gasteiger partial charge is 0.500 e. The van der Waals surface area contributed by atoms with Crippen LogP contribution in [0.3, 0.4) is 0 Å². The second-order valence-corrected chi connectivity index (χ2v) is 15.5. The molecule has 14 heteroatoms. The summed E-state index contributed by atoms with van der Waals surface area (Å²) < 4.78 is 35.6. The summed E-state index contributed by atoms with van der Waals surface area (Å²) in [6.07, 6.45) is 6.61. The molecule has 11 nitrogen and oxygen atoms in total. The molecule has 0 aliphatic rings. The Morgan fingerprint density at radius 1 is 0.842 bits per heavy atom. The Bertz CT molecular complexity index is 747. The SMILES string of the molecule is CCCCCCc1nc(SCCC[Si](OC)(OC)OC)nn1C(=O)NCCC[Si](OCC)(OCC)OCC. The van der Waals surface area contributed by atoms with Gasteiger partial charge in [0.15, 0.2) is 0 Å². The van der Waals surface area contributed by atoms with Gasteiger partial charge in [-0.05, 0) is 40.0 Å². The van der Waals surface area contributed by atoms with Gasteiger partial charge in [-0.2, -0.15) is 4.68 Å². The minimum Gasteiger partial charge on any atom is -0.377 e. The fraction of sp³-hybridized carbons (Fsp3) is 0.875. The maximum atomic E-state index is 13.1. The van der Waals surface area contributed by atoms with E-state index >= 15 is 0 Å². The summed E-state index contributed by atoms with van der Waals surface area (Å²) in [6, 6.07) is 1.07. The van der Waals surface area contributed by atoms with Crippen molar-refractivity contribution in [2.24, 2.45) is 0 Å². The standard InChI is InChI=1S/C24H50N4O7SSi2/c1-8-12-13-14-17-22-26-23(36-19-16-21-37(30-5,31-6)32-7)27-28(22)24(29)25-18-15-20-38(33-9-2,34-10-3)35-11-4/h8-21H2,1-7H3,(H,25,29). The van der Waals surface area contributed by atoms with Crippen molar-refractivity contribution in [2.75, 3.05) is 53.4 Å². The summed E-state index contributed by atoms with van der Waals surface area (Å²) in [5, 5.41) is 8.11. The molecule has 0 aliphatic carbocycles. The molecule has 0 bridgehead atoms. The molecule has 222 valence electrons. The Kier molecular flexibility index (Phi) is 18.6. The van der Waals surface area contributed by atoms with Gasteiger partial charge in [0.2, 0.25) is 5.16 Å². The molecule has 0 saturated carbocycles. The van der Waals surface area contributed by atoms with E-state index in [1.165, 1.54) is 16.4 Å². The number of carbonyl (C=O) groups excluding carboxylic acids is 1. The van der Waals surface area contributed by atoms with Crippen LogP contribution < -0.4 is 5.32 Å². The lowest BCUT2D eigenvalue weighted by Gasteiger charge is -2.28. The first-order chi connectivity index (χ1) is 18.4. The molecule has 1 N–H and O–H groups in total. The molecule has 0 saturated heterocycles. The minimum atomic E-state index is -2.73. The van der Waals surface area contributed by atoms with Crippen LogP contribution in [-0.4, -0.2) is 91.9 Å². The minimum absolute atomic E-state index is 0.268. The van der Waals surface area contributed by atoms with E-state index < -0.39 is 17.6 Å². The lowest BCUT2D eigenvalue weighted by Crippen LogP contribution is -2.46. The second-order valence-electron chi connectivity index (χ2n) is 8.60. The van der Waals surface area contributed by atoms with Crippen LogP contribution >= 0.6 is 11.8 Å². The highest BCUT2D eigenvalue weighted by Crippen LogP contribution is 2.22. The zero-order valence-corrected chi connectivity index (χ0v) is 27.3. The van der Waals surface area contributed by atoms with E-state index in [1.54, 1.807) is 21.3 Å². The third-order valence-corrected chi connectivity index (χ3v) is 12.8. The van der Waals surface area contributed by atoms with Gasteiger partial charge in [-0.1, -0.05) is 37.9 Å². The van der Waals surface area contributed by atoms with Gasteiger partial charge in [-0.25, -0.2) is 9.78 Å². The topological polar surface area (TPSA) is 115 Å². The first-order valence-electron chi connectivity index (χ1n) is 13.8. The maximum absolute atomic E-state index is 13.1. The number of hydrogen-bond acceptors (Lipinski definition) is 10. The predicted octanol–water partition coefficient (Wildman–Crippen LogP) is 4.76. The first kappa shape index (κ1) is 35.2. The van der Waals surface area contributed by atoms with Crippen LogP contribution in [0.15, 0.2) is 5.16 Å². The van der Waals surface area contributed by atoms with Crippen LogP contribution in [0.5, 0.6) is 0 Å². The molecule has 1 aromatic heterocycles. The van der Waals surface area contributed by atoms with Crippen LogP contribution in [-0.2, 0) is 33.0 Å². The van der Waals surface area contributed by atoms with Crippen molar-refractivity contribution in [2.45, 2.75) is 89.9 Å². The fourth-order valence-corrected chi connectivity index (χ4v) is 9.37. The van der Waals surface area contributed by atoms with E-state index in [0.29, 0.717) is 62.3 Å². The van der Waals surface area contributed by atoms with Crippen molar-refractivity contribution >= 4 is 35.4 Å². The summed E-state index contributed by atoms with van der Waals surface area (Å²) in [5.41, 5.74) is 0. The molecule has 0 fully saturated rings. The monoisotopic (exact) mass is 594 g/mol. The second kappa shape index (κ2) is 20.1. The Morgan fingerprint density at radius 2 is 1.45 bits per heavy atom. The number of aryl methyl sites for hydroxylation is 1. The number of rotatable bonds is 23. The number of unbranched alkanes of at least 4 members (excludes halogenated alkanes) is 3. The van der Waals surface area contributed by atoms with Crippen LogP contribution in [0.4, 0.5) is 4.79 Å². The van der Waals surface area contributed by atoms with Crippen molar-refractivity contribution < 1.29 is 31.4 Å². The maximum Gasteiger partial charge on any atom is 0.500 e. The van der Waals surface area contributed by atoms with E-state index in [0.717, 1.165) is 37.9 Å². The molecule has 0 atom stereocenters. The molecule has 1 aromatic rings. The number of nitrogens with one attached hydrogen (secondary N) is 1. The van der Waals surface area contributed by atoms with Gasteiger partial charge in [0.05, 0.1) is 0 Å². The number of carbonyl (C=O) groups is 1. The highest BCUT2D eigenvalue weighted by Gasteiger charge is 2.39. The van der Waals surface area contributed by atoms with Crippen molar-refractivity contribution in [3.63, 3.8) is 0 Å². The van der Waals surface area contributed by atoms with E-state index in [-0.39, 0.29) is 6.03 Å². The van der Waals surface area contributed by atoms with Gasteiger partial charge in [0.1, 0.15) is 5.82 Å². The summed E-state index contributed by atoms with van der Waals surface area (Å²) in [5.74, 6) is 1.46. The molecule has 0 unspecified atom stereocenters. The Morgan fingerprint density at radius 3 is 2.00 bits per heavy atom. The molecule has 0 aliphatic heterocycles. The van der Waals surface area contributed by atoms with Gasteiger partial charge < -0.3 is 31.9 Å². The van der Waals surface area contributed by atoms with Gasteiger partial charge in [-0.3, -0.25) is 0 Å². The van der Waals surface area contributed by atoms with E-state index in [2.05, 4.69) is 22.3 Å². The zero-order chi connectivity index (χ0) is 28.3.